The number of aliphatic hydroxyl groups is 1. The molecule has 1 aromatic rings. The summed E-state index contributed by atoms with van der Waals surface area (Å²) >= 11 is 1.80. The summed E-state index contributed by atoms with van der Waals surface area (Å²) in [7, 11) is 0. The van der Waals surface area contributed by atoms with E-state index in [1.54, 1.807) is 11.8 Å². The van der Waals surface area contributed by atoms with Crippen LogP contribution >= 0.6 is 11.8 Å². The molecule has 2 atom stereocenters. The molecule has 1 aliphatic rings. The average Bonchev–Trinajstić information content (AvgIpc) is 2.40. The Kier molecular flexibility index (Phi) is 4.89. The lowest BCUT2D eigenvalue weighted by atomic mass is 9.98. The molecule has 2 unspecified atom stereocenters. The Morgan fingerprint density at radius 3 is 3.06 bits per heavy atom. The van der Waals surface area contributed by atoms with Gasteiger partial charge in [0.05, 0.1) is 6.10 Å². The van der Waals surface area contributed by atoms with Gasteiger partial charge in [-0.3, -0.25) is 0 Å². The molecule has 1 fully saturated rings. The van der Waals surface area contributed by atoms with Crippen molar-refractivity contribution in [3.05, 3.63) is 29.8 Å². The molecule has 0 saturated carbocycles. The molecule has 1 aliphatic heterocycles. The van der Waals surface area contributed by atoms with Gasteiger partial charge in [0.2, 0.25) is 0 Å². The van der Waals surface area contributed by atoms with Crippen molar-refractivity contribution >= 4 is 11.8 Å². The minimum absolute atomic E-state index is 0.0226. The third-order valence-electron chi connectivity index (χ3n) is 3.08. The van der Waals surface area contributed by atoms with Gasteiger partial charge in [-0.05, 0) is 42.7 Å². The molecule has 1 aromatic carbocycles. The number of ether oxygens (including phenoxy) is 1. The van der Waals surface area contributed by atoms with E-state index in [1.807, 2.05) is 12.1 Å². The minimum atomic E-state index is -0.479. The second-order valence-corrected chi connectivity index (χ2v) is 5.69. The number of hydrogen-bond acceptors (Lipinski definition) is 3. The highest BCUT2D eigenvalue weighted by Gasteiger charge is 2.23. The Bertz CT molecular complexity index is 348. The van der Waals surface area contributed by atoms with Crippen LogP contribution in [-0.2, 0) is 4.74 Å². The maximum atomic E-state index is 10.3. The molecular weight excluding hydrogens is 232 g/mol. The van der Waals surface area contributed by atoms with Crippen LogP contribution in [0.1, 0.15) is 37.9 Å². The Morgan fingerprint density at radius 1 is 1.47 bits per heavy atom. The topological polar surface area (TPSA) is 29.5 Å². The molecule has 0 amide bonds. The summed E-state index contributed by atoms with van der Waals surface area (Å²) in [5.41, 5.74) is 0.982. The normalized spacial score (nSPS) is 22.4. The maximum Gasteiger partial charge on any atom is 0.105 e. The van der Waals surface area contributed by atoms with Crippen LogP contribution in [0.2, 0.25) is 0 Å². The van der Waals surface area contributed by atoms with E-state index in [0.29, 0.717) is 0 Å². The molecule has 1 N–H and O–H groups in total. The molecule has 0 radical (unpaired) electrons. The summed E-state index contributed by atoms with van der Waals surface area (Å²) in [6, 6.07) is 8.17. The lowest BCUT2D eigenvalue weighted by Crippen LogP contribution is -2.26. The standard InChI is InChI=1S/C14H20O2S/c1-2-17-12-7-5-6-11(10-12)14(15)13-8-3-4-9-16-13/h5-7,10,13-15H,2-4,8-9H2,1H3. The molecule has 2 nitrogen and oxygen atoms in total. The van der Waals surface area contributed by atoms with E-state index in [2.05, 4.69) is 19.1 Å². The Hall–Kier alpha value is -0.510. The fourth-order valence-corrected chi connectivity index (χ4v) is 2.91. The Balaban J connectivity index is 2.06. The van der Waals surface area contributed by atoms with Crippen LogP contribution < -0.4 is 0 Å². The highest BCUT2D eigenvalue weighted by Crippen LogP contribution is 2.28. The summed E-state index contributed by atoms with van der Waals surface area (Å²) in [5.74, 6) is 1.06. The van der Waals surface area contributed by atoms with Gasteiger partial charge in [-0.1, -0.05) is 19.1 Å². The van der Waals surface area contributed by atoms with Gasteiger partial charge < -0.3 is 9.84 Å². The molecule has 0 aliphatic carbocycles. The smallest absolute Gasteiger partial charge is 0.105 e. The SMILES string of the molecule is CCSc1cccc(C(O)C2CCCCO2)c1. The zero-order chi connectivity index (χ0) is 12.1. The number of thioether (sulfide) groups is 1. The highest BCUT2D eigenvalue weighted by atomic mass is 32.2. The molecule has 17 heavy (non-hydrogen) atoms. The van der Waals surface area contributed by atoms with E-state index < -0.39 is 6.10 Å². The van der Waals surface area contributed by atoms with Gasteiger partial charge in [-0.15, -0.1) is 11.8 Å². The van der Waals surface area contributed by atoms with Crippen molar-refractivity contribution in [3.8, 4) is 0 Å². The lowest BCUT2D eigenvalue weighted by molar-refractivity contribution is -0.0634. The number of rotatable bonds is 4. The molecule has 0 bridgehead atoms. The fraction of sp³-hybridized carbons (Fsp3) is 0.571. The van der Waals surface area contributed by atoms with Crippen LogP contribution in [0.3, 0.4) is 0 Å². The summed E-state index contributed by atoms with van der Waals surface area (Å²) in [5, 5.41) is 10.3. The maximum absolute atomic E-state index is 10.3. The summed E-state index contributed by atoms with van der Waals surface area (Å²) in [4.78, 5) is 1.22. The van der Waals surface area contributed by atoms with Crippen molar-refractivity contribution in [2.75, 3.05) is 12.4 Å². The first-order valence-corrected chi connectivity index (χ1v) is 7.32. The molecule has 2 rings (SSSR count). The van der Waals surface area contributed by atoms with E-state index in [1.165, 1.54) is 4.90 Å². The van der Waals surface area contributed by atoms with Crippen LogP contribution in [0.15, 0.2) is 29.2 Å². The first-order valence-electron chi connectivity index (χ1n) is 6.33. The quantitative estimate of drug-likeness (QED) is 0.833. The van der Waals surface area contributed by atoms with Gasteiger partial charge in [-0.2, -0.15) is 0 Å². The zero-order valence-electron chi connectivity index (χ0n) is 10.3. The summed E-state index contributed by atoms with van der Waals surface area (Å²) in [6.45, 7) is 2.92. The number of benzene rings is 1. The van der Waals surface area contributed by atoms with Crippen LogP contribution in [0, 0.1) is 0 Å². The van der Waals surface area contributed by atoms with E-state index in [-0.39, 0.29) is 6.10 Å². The molecule has 3 heteroatoms. The van der Waals surface area contributed by atoms with Gasteiger partial charge >= 0.3 is 0 Å². The van der Waals surface area contributed by atoms with Crippen molar-refractivity contribution in [2.24, 2.45) is 0 Å². The van der Waals surface area contributed by atoms with Crippen LogP contribution in [0.5, 0.6) is 0 Å². The fourth-order valence-electron chi connectivity index (χ4n) is 2.18. The van der Waals surface area contributed by atoms with E-state index in [9.17, 15) is 5.11 Å². The van der Waals surface area contributed by atoms with Crippen LogP contribution in [-0.4, -0.2) is 23.6 Å². The van der Waals surface area contributed by atoms with E-state index >= 15 is 0 Å². The molecule has 0 spiro atoms. The molecule has 1 saturated heterocycles. The highest BCUT2D eigenvalue weighted by molar-refractivity contribution is 7.99. The van der Waals surface area contributed by atoms with Crippen molar-refractivity contribution in [2.45, 2.75) is 43.3 Å². The molecule has 94 valence electrons. The van der Waals surface area contributed by atoms with E-state index in [0.717, 1.165) is 37.2 Å². The van der Waals surface area contributed by atoms with Crippen molar-refractivity contribution in [1.82, 2.24) is 0 Å². The number of hydrogen-bond donors (Lipinski definition) is 1. The van der Waals surface area contributed by atoms with Gasteiger partial charge in [0.1, 0.15) is 6.10 Å². The van der Waals surface area contributed by atoms with Gasteiger partial charge in [0, 0.05) is 11.5 Å². The first-order chi connectivity index (χ1) is 8.31. The second kappa shape index (κ2) is 6.43. The Morgan fingerprint density at radius 2 is 2.35 bits per heavy atom. The van der Waals surface area contributed by atoms with Crippen molar-refractivity contribution in [1.29, 1.82) is 0 Å². The van der Waals surface area contributed by atoms with Crippen LogP contribution in [0.25, 0.3) is 0 Å². The zero-order valence-corrected chi connectivity index (χ0v) is 11.1. The first kappa shape index (κ1) is 12.9. The third-order valence-corrected chi connectivity index (χ3v) is 3.95. The average molecular weight is 252 g/mol. The summed E-state index contributed by atoms with van der Waals surface area (Å²) < 4.78 is 5.64. The molecular formula is C14H20O2S. The monoisotopic (exact) mass is 252 g/mol. The lowest BCUT2D eigenvalue weighted by Gasteiger charge is -2.27. The van der Waals surface area contributed by atoms with Gasteiger partial charge in [0.25, 0.3) is 0 Å². The molecule has 1 heterocycles. The summed E-state index contributed by atoms with van der Waals surface area (Å²) in [6.07, 6.45) is 2.74. The number of aliphatic hydroxyl groups excluding tert-OH is 1. The molecule has 0 aromatic heterocycles. The van der Waals surface area contributed by atoms with E-state index in [4.69, 9.17) is 4.74 Å². The predicted molar refractivity (Wildman–Crippen MR) is 71.4 cm³/mol. The van der Waals surface area contributed by atoms with Crippen molar-refractivity contribution in [3.63, 3.8) is 0 Å². The second-order valence-electron chi connectivity index (χ2n) is 4.36. The van der Waals surface area contributed by atoms with Crippen molar-refractivity contribution < 1.29 is 9.84 Å². The third kappa shape index (κ3) is 3.47. The minimum Gasteiger partial charge on any atom is -0.386 e. The van der Waals surface area contributed by atoms with Crippen LogP contribution in [0.4, 0.5) is 0 Å². The largest absolute Gasteiger partial charge is 0.386 e. The Labute approximate surface area is 107 Å². The predicted octanol–water partition coefficient (Wildman–Crippen LogP) is 3.40. The van der Waals surface area contributed by atoms with Gasteiger partial charge in [-0.25, -0.2) is 0 Å². The van der Waals surface area contributed by atoms with Gasteiger partial charge in [0.15, 0.2) is 0 Å².